The first-order chi connectivity index (χ1) is 14.0. The summed E-state index contributed by atoms with van der Waals surface area (Å²) in [5, 5.41) is 0. The summed E-state index contributed by atoms with van der Waals surface area (Å²) in [7, 11) is 1.41. The van der Waals surface area contributed by atoms with Crippen LogP contribution in [0.2, 0.25) is 0 Å². The monoisotopic (exact) mass is 388 g/mol. The Morgan fingerprint density at radius 3 is 2.17 bits per heavy atom. The van der Waals surface area contributed by atoms with Gasteiger partial charge in [0.1, 0.15) is 12.4 Å². The number of esters is 1. The molecule has 3 nitrogen and oxygen atoms in total. The van der Waals surface area contributed by atoms with Gasteiger partial charge in [0, 0.05) is 6.42 Å². The summed E-state index contributed by atoms with van der Waals surface area (Å²) in [4.78, 5) is 11.3. The average molecular weight is 389 g/mol. The van der Waals surface area contributed by atoms with E-state index in [0.717, 1.165) is 11.3 Å². The van der Waals surface area contributed by atoms with E-state index in [1.165, 1.54) is 40.5 Å². The number of carbonyl (C=O) groups excluding carboxylic acids is 1. The van der Waals surface area contributed by atoms with Gasteiger partial charge in [0.15, 0.2) is 0 Å². The van der Waals surface area contributed by atoms with Gasteiger partial charge in [-0.15, -0.1) is 0 Å². The molecular weight excluding hydrogens is 360 g/mol. The number of rotatable bonds is 7. The van der Waals surface area contributed by atoms with Crippen LogP contribution in [0.5, 0.6) is 5.75 Å². The zero-order valence-corrected chi connectivity index (χ0v) is 17.6. The van der Waals surface area contributed by atoms with Crippen LogP contribution in [0.1, 0.15) is 34.2 Å². The number of benzene rings is 3. The van der Waals surface area contributed by atoms with E-state index in [1.54, 1.807) is 0 Å². The fraction of sp³-hybridized carbons (Fsp3) is 0.269. The summed E-state index contributed by atoms with van der Waals surface area (Å²) < 4.78 is 10.7. The van der Waals surface area contributed by atoms with E-state index in [4.69, 9.17) is 4.74 Å². The predicted octanol–water partition coefficient (Wildman–Crippen LogP) is 5.96. The first kappa shape index (κ1) is 20.7. The second-order valence-electron chi connectivity index (χ2n) is 7.37. The van der Waals surface area contributed by atoms with Crippen molar-refractivity contribution in [1.82, 2.24) is 0 Å². The fourth-order valence-corrected chi connectivity index (χ4v) is 3.61. The molecule has 29 heavy (non-hydrogen) atoms. The quantitative estimate of drug-likeness (QED) is 0.468. The van der Waals surface area contributed by atoms with Crippen LogP contribution < -0.4 is 4.74 Å². The van der Waals surface area contributed by atoms with Crippen LogP contribution in [0.25, 0.3) is 11.1 Å². The standard InChI is InChI=1S/C26H28O3/c1-18-7-5-8-19(2)26(18)24-10-6-9-22(20(24)3)17-29-23-14-11-21(12-15-23)13-16-25(27)28-4/h5-12,14-15H,13,16-17H2,1-4H3. The van der Waals surface area contributed by atoms with E-state index in [9.17, 15) is 4.79 Å². The number of carbonyl (C=O) groups is 1. The molecule has 0 aliphatic rings. The van der Waals surface area contributed by atoms with Gasteiger partial charge in [0.25, 0.3) is 0 Å². The van der Waals surface area contributed by atoms with Crippen molar-refractivity contribution in [3.05, 3.63) is 88.5 Å². The van der Waals surface area contributed by atoms with Crippen LogP contribution in [0.15, 0.2) is 60.7 Å². The topological polar surface area (TPSA) is 35.5 Å². The Labute approximate surface area is 173 Å². The van der Waals surface area contributed by atoms with Crippen LogP contribution in [-0.4, -0.2) is 13.1 Å². The van der Waals surface area contributed by atoms with Crippen LogP contribution in [0, 0.1) is 20.8 Å². The summed E-state index contributed by atoms with van der Waals surface area (Å²) in [6, 6.07) is 20.7. The van der Waals surface area contributed by atoms with Gasteiger partial charge in [-0.3, -0.25) is 4.79 Å². The Hall–Kier alpha value is -3.07. The number of hydrogen-bond acceptors (Lipinski definition) is 3. The van der Waals surface area contributed by atoms with Crippen molar-refractivity contribution >= 4 is 5.97 Å². The Morgan fingerprint density at radius 2 is 1.52 bits per heavy atom. The molecule has 0 aromatic heterocycles. The molecule has 0 aliphatic heterocycles. The molecule has 0 amide bonds. The van der Waals surface area contributed by atoms with Gasteiger partial charge in [-0.05, 0) is 78.3 Å². The van der Waals surface area contributed by atoms with Gasteiger partial charge in [-0.25, -0.2) is 0 Å². The highest BCUT2D eigenvalue weighted by atomic mass is 16.5. The molecule has 0 unspecified atom stereocenters. The lowest BCUT2D eigenvalue weighted by atomic mass is 9.91. The predicted molar refractivity (Wildman–Crippen MR) is 117 cm³/mol. The minimum Gasteiger partial charge on any atom is -0.489 e. The van der Waals surface area contributed by atoms with Crippen molar-refractivity contribution in [2.45, 2.75) is 40.2 Å². The third-order valence-corrected chi connectivity index (χ3v) is 5.36. The summed E-state index contributed by atoms with van der Waals surface area (Å²) in [6.45, 7) is 7.00. The molecule has 0 aliphatic carbocycles. The van der Waals surface area contributed by atoms with Gasteiger partial charge in [-0.2, -0.15) is 0 Å². The first-order valence-corrected chi connectivity index (χ1v) is 9.93. The van der Waals surface area contributed by atoms with E-state index in [2.05, 4.69) is 61.9 Å². The SMILES string of the molecule is COC(=O)CCc1ccc(OCc2cccc(-c3c(C)cccc3C)c2C)cc1. The second kappa shape index (κ2) is 9.42. The Bertz CT molecular complexity index is 967. The largest absolute Gasteiger partial charge is 0.489 e. The molecule has 0 bridgehead atoms. The Morgan fingerprint density at radius 1 is 0.862 bits per heavy atom. The zero-order chi connectivity index (χ0) is 20.8. The molecule has 3 aromatic carbocycles. The maximum atomic E-state index is 11.3. The lowest BCUT2D eigenvalue weighted by molar-refractivity contribution is -0.140. The summed E-state index contributed by atoms with van der Waals surface area (Å²) in [5.41, 5.74) is 8.67. The van der Waals surface area contributed by atoms with E-state index in [1.807, 2.05) is 24.3 Å². The Kier molecular flexibility index (Phi) is 6.71. The lowest BCUT2D eigenvalue weighted by Crippen LogP contribution is -2.02. The van der Waals surface area contributed by atoms with E-state index < -0.39 is 0 Å². The molecule has 0 saturated heterocycles. The van der Waals surface area contributed by atoms with Gasteiger partial charge in [0.05, 0.1) is 7.11 Å². The fourth-order valence-electron chi connectivity index (χ4n) is 3.61. The maximum Gasteiger partial charge on any atom is 0.305 e. The summed E-state index contributed by atoms with van der Waals surface area (Å²) >= 11 is 0. The highest BCUT2D eigenvalue weighted by Gasteiger charge is 2.11. The van der Waals surface area contributed by atoms with Gasteiger partial charge < -0.3 is 9.47 Å². The number of aryl methyl sites for hydroxylation is 3. The van der Waals surface area contributed by atoms with Gasteiger partial charge in [-0.1, -0.05) is 48.5 Å². The third-order valence-electron chi connectivity index (χ3n) is 5.36. The van der Waals surface area contributed by atoms with Crippen molar-refractivity contribution in [3.63, 3.8) is 0 Å². The molecule has 0 atom stereocenters. The van der Waals surface area contributed by atoms with Gasteiger partial charge in [0.2, 0.25) is 0 Å². The molecule has 0 heterocycles. The van der Waals surface area contributed by atoms with Crippen molar-refractivity contribution in [3.8, 4) is 16.9 Å². The molecular formula is C26H28O3. The van der Waals surface area contributed by atoms with Crippen molar-refractivity contribution < 1.29 is 14.3 Å². The van der Waals surface area contributed by atoms with Crippen molar-refractivity contribution in [2.24, 2.45) is 0 Å². The molecule has 150 valence electrons. The van der Waals surface area contributed by atoms with E-state index in [-0.39, 0.29) is 5.97 Å². The highest BCUT2D eigenvalue weighted by Crippen LogP contribution is 2.31. The molecule has 3 aromatic rings. The lowest BCUT2D eigenvalue weighted by Gasteiger charge is -2.16. The minimum absolute atomic E-state index is 0.190. The number of hydrogen-bond donors (Lipinski definition) is 0. The van der Waals surface area contributed by atoms with Gasteiger partial charge >= 0.3 is 5.97 Å². The van der Waals surface area contributed by atoms with Crippen LogP contribution in [0.4, 0.5) is 0 Å². The molecule has 0 saturated carbocycles. The van der Waals surface area contributed by atoms with Crippen LogP contribution in [0.3, 0.4) is 0 Å². The zero-order valence-electron chi connectivity index (χ0n) is 17.6. The molecule has 3 heteroatoms. The molecule has 0 radical (unpaired) electrons. The van der Waals surface area contributed by atoms with Crippen molar-refractivity contribution in [1.29, 1.82) is 0 Å². The third kappa shape index (κ3) is 5.05. The van der Waals surface area contributed by atoms with E-state index in [0.29, 0.717) is 19.4 Å². The number of ether oxygens (including phenoxy) is 2. The molecule has 0 spiro atoms. The average Bonchev–Trinajstić information content (AvgIpc) is 2.73. The highest BCUT2D eigenvalue weighted by molar-refractivity contribution is 5.74. The molecule has 0 fully saturated rings. The number of methoxy groups -OCH3 is 1. The smallest absolute Gasteiger partial charge is 0.305 e. The normalized spacial score (nSPS) is 10.6. The van der Waals surface area contributed by atoms with Crippen LogP contribution >= 0.6 is 0 Å². The first-order valence-electron chi connectivity index (χ1n) is 9.93. The van der Waals surface area contributed by atoms with E-state index >= 15 is 0 Å². The summed E-state index contributed by atoms with van der Waals surface area (Å²) in [5.74, 6) is 0.633. The maximum absolute atomic E-state index is 11.3. The Balaban J connectivity index is 1.71. The van der Waals surface area contributed by atoms with Crippen LogP contribution in [-0.2, 0) is 22.6 Å². The van der Waals surface area contributed by atoms with Crippen molar-refractivity contribution in [2.75, 3.05) is 7.11 Å². The second-order valence-corrected chi connectivity index (χ2v) is 7.37. The molecule has 0 N–H and O–H groups in total. The molecule has 3 rings (SSSR count). The summed E-state index contributed by atoms with van der Waals surface area (Å²) in [6.07, 6.45) is 1.06. The minimum atomic E-state index is -0.190.